The van der Waals surface area contributed by atoms with Crippen molar-refractivity contribution in [3.63, 3.8) is 0 Å². The zero-order valence-corrected chi connectivity index (χ0v) is 17.0. The van der Waals surface area contributed by atoms with Gasteiger partial charge >= 0.3 is 6.09 Å². The number of hydrogen-bond acceptors (Lipinski definition) is 3. The number of H-pyrrole nitrogens is 1. The number of carbonyl (C=O) groups is 1. The molecule has 2 aromatic rings. The highest BCUT2D eigenvalue weighted by molar-refractivity contribution is 9.10. The standard InChI is InChI=1S/C20H24BrN3O2/c1-19(2,3)26-18(25)24-12-20(8-9-20)10-16(24)17-22-11-15(23-17)13-4-6-14(21)7-5-13/h4-7,11,16H,8-10,12H2,1-3H3,(H,22,23). The number of halogens is 1. The predicted molar refractivity (Wildman–Crippen MR) is 104 cm³/mol. The van der Waals surface area contributed by atoms with Crippen molar-refractivity contribution in [3.05, 3.63) is 40.8 Å². The Balaban J connectivity index is 1.59. The number of carbonyl (C=O) groups excluding carboxylic acids is 1. The maximum atomic E-state index is 12.7. The zero-order chi connectivity index (χ0) is 18.5. The number of amides is 1. The van der Waals surface area contributed by atoms with Crippen LogP contribution in [0.4, 0.5) is 4.79 Å². The normalized spacial score (nSPS) is 21.2. The van der Waals surface area contributed by atoms with E-state index in [2.05, 4.69) is 25.9 Å². The van der Waals surface area contributed by atoms with Crippen molar-refractivity contribution in [2.24, 2.45) is 5.41 Å². The van der Waals surface area contributed by atoms with Gasteiger partial charge in [-0.2, -0.15) is 0 Å². The molecule has 26 heavy (non-hydrogen) atoms. The quantitative estimate of drug-likeness (QED) is 0.720. The first-order valence-electron chi connectivity index (χ1n) is 9.05. The third-order valence-corrected chi connectivity index (χ3v) is 5.69. The molecular formula is C20H24BrN3O2. The molecule has 4 rings (SSSR count). The summed E-state index contributed by atoms with van der Waals surface area (Å²) in [5, 5.41) is 0. The van der Waals surface area contributed by atoms with Gasteiger partial charge in [0, 0.05) is 11.0 Å². The second-order valence-corrected chi connectivity index (χ2v) is 9.43. The molecule has 1 atom stereocenters. The van der Waals surface area contributed by atoms with Crippen LogP contribution in [-0.4, -0.2) is 33.1 Å². The number of ether oxygens (including phenoxy) is 1. The van der Waals surface area contributed by atoms with Gasteiger partial charge in [-0.25, -0.2) is 9.78 Å². The van der Waals surface area contributed by atoms with Gasteiger partial charge in [-0.05, 0) is 63.1 Å². The van der Waals surface area contributed by atoms with E-state index in [-0.39, 0.29) is 17.6 Å². The molecule has 1 aromatic heterocycles. The van der Waals surface area contributed by atoms with Crippen LogP contribution in [0, 0.1) is 5.41 Å². The number of aromatic amines is 1. The second kappa shape index (κ2) is 6.12. The molecule has 1 N–H and O–H groups in total. The number of benzene rings is 1. The highest BCUT2D eigenvalue weighted by atomic mass is 79.9. The summed E-state index contributed by atoms with van der Waals surface area (Å²) in [6.07, 6.45) is 4.93. The van der Waals surface area contributed by atoms with Gasteiger partial charge in [-0.3, -0.25) is 4.90 Å². The largest absolute Gasteiger partial charge is 0.444 e. The summed E-state index contributed by atoms with van der Waals surface area (Å²) in [5.74, 6) is 0.845. The molecule has 1 aromatic carbocycles. The first-order valence-corrected chi connectivity index (χ1v) is 9.85. The smallest absolute Gasteiger partial charge is 0.410 e. The van der Waals surface area contributed by atoms with Gasteiger partial charge in [-0.15, -0.1) is 0 Å². The number of aromatic nitrogens is 2. The lowest BCUT2D eigenvalue weighted by Gasteiger charge is -2.27. The van der Waals surface area contributed by atoms with Crippen LogP contribution in [0.15, 0.2) is 34.9 Å². The van der Waals surface area contributed by atoms with E-state index >= 15 is 0 Å². The third-order valence-electron chi connectivity index (χ3n) is 5.16. The molecule has 1 unspecified atom stereocenters. The number of imidazole rings is 1. The van der Waals surface area contributed by atoms with Crippen LogP contribution < -0.4 is 0 Å². The minimum absolute atomic E-state index is 0.0449. The molecule has 2 aliphatic rings. The van der Waals surface area contributed by atoms with Gasteiger partial charge in [0.05, 0.1) is 17.9 Å². The van der Waals surface area contributed by atoms with Crippen molar-refractivity contribution >= 4 is 22.0 Å². The maximum Gasteiger partial charge on any atom is 0.410 e. The predicted octanol–water partition coefficient (Wildman–Crippen LogP) is 5.30. The number of likely N-dealkylation sites (tertiary alicyclic amines) is 1. The van der Waals surface area contributed by atoms with E-state index in [1.54, 1.807) is 0 Å². The molecule has 2 heterocycles. The van der Waals surface area contributed by atoms with Gasteiger partial charge in [0.25, 0.3) is 0 Å². The number of hydrogen-bond donors (Lipinski definition) is 1. The summed E-state index contributed by atoms with van der Waals surface area (Å²) in [4.78, 5) is 22.6. The van der Waals surface area contributed by atoms with Crippen molar-refractivity contribution in [2.75, 3.05) is 6.54 Å². The highest BCUT2D eigenvalue weighted by Gasteiger charge is 2.55. The Hall–Kier alpha value is -1.82. The summed E-state index contributed by atoms with van der Waals surface area (Å²) in [6.45, 7) is 6.48. The van der Waals surface area contributed by atoms with Crippen molar-refractivity contribution in [1.82, 2.24) is 14.9 Å². The number of nitrogens with one attached hydrogen (secondary N) is 1. The number of rotatable bonds is 2. The fourth-order valence-corrected chi connectivity index (χ4v) is 3.90. The number of nitrogens with zero attached hydrogens (tertiary/aromatic N) is 2. The maximum absolute atomic E-state index is 12.7. The SMILES string of the molecule is CC(C)(C)OC(=O)N1CC2(CC2)CC1c1ncc(-c2ccc(Br)cc2)[nH]1. The Bertz CT molecular complexity index is 818. The van der Waals surface area contributed by atoms with Crippen LogP contribution in [0.2, 0.25) is 0 Å². The molecule has 1 saturated heterocycles. The van der Waals surface area contributed by atoms with Gasteiger partial charge in [-0.1, -0.05) is 28.1 Å². The van der Waals surface area contributed by atoms with Crippen LogP contribution in [0.5, 0.6) is 0 Å². The molecular weight excluding hydrogens is 394 g/mol. The minimum atomic E-state index is -0.493. The molecule has 1 aliphatic heterocycles. The fourth-order valence-electron chi connectivity index (χ4n) is 3.63. The van der Waals surface area contributed by atoms with E-state index in [0.29, 0.717) is 0 Å². The van der Waals surface area contributed by atoms with E-state index in [1.165, 1.54) is 12.8 Å². The highest BCUT2D eigenvalue weighted by Crippen LogP contribution is 2.58. The molecule has 2 fully saturated rings. The van der Waals surface area contributed by atoms with E-state index < -0.39 is 5.60 Å². The Labute approximate surface area is 162 Å². The van der Waals surface area contributed by atoms with Gasteiger partial charge in [0.15, 0.2) is 0 Å². The lowest BCUT2D eigenvalue weighted by atomic mass is 10.0. The molecule has 0 bridgehead atoms. The minimum Gasteiger partial charge on any atom is -0.444 e. The van der Waals surface area contributed by atoms with Crippen molar-refractivity contribution in [3.8, 4) is 11.3 Å². The third kappa shape index (κ3) is 3.52. The fraction of sp³-hybridized carbons (Fsp3) is 0.500. The average Bonchev–Trinajstić information content (AvgIpc) is 2.98. The van der Waals surface area contributed by atoms with Gasteiger partial charge in [0.2, 0.25) is 0 Å². The monoisotopic (exact) mass is 417 g/mol. The van der Waals surface area contributed by atoms with Crippen LogP contribution in [-0.2, 0) is 4.74 Å². The first-order chi connectivity index (χ1) is 12.2. The molecule has 138 valence electrons. The van der Waals surface area contributed by atoms with Crippen molar-refractivity contribution in [1.29, 1.82) is 0 Å². The van der Waals surface area contributed by atoms with Crippen molar-refractivity contribution < 1.29 is 9.53 Å². The Morgan fingerprint density at radius 1 is 1.31 bits per heavy atom. The molecule has 1 saturated carbocycles. The van der Waals surface area contributed by atoms with E-state index in [4.69, 9.17) is 4.74 Å². The lowest BCUT2D eigenvalue weighted by Crippen LogP contribution is -2.37. The Kier molecular flexibility index (Phi) is 4.14. The summed E-state index contributed by atoms with van der Waals surface area (Å²) in [5.41, 5.74) is 1.82. The topological polar surface area (TPSA) is 58.2 Å². The van der Waals surface area contributed by atoms with Crippen LogP contribution in [0.1, 0.15) is 51.9 Å². The van der Waals surface area contributed by atoms with E-state index in [0.717, 1.165) is 34.5 Å². The first kappa shape index (κ1) is 17.6. The Morgan fingerprint density at radius 2 is 2.00 bits per heavy atom. The second-order valence-electron chi connectivity index (χ2n) is 8.52. The van der Waals surface area contributed by atoms with E-state index in [1.807, 2.05) is 56.1 Å². The van der Waals surface area contributed by atoms with Crippen LogP contribution in [0.3, 0.4) is 0 Å². The molecule has 0 radical (unpaired) electrons. The average molecular weight is 418 g/mol. The lowest BCUT2D eigenvalue weighted by molar-refractivity contribution is 0.0212. The summed E-state index contributed by atoms with van der Waals surface area (Å²) in [7, 11) is 0. The molecule has 1 amide bonds. The molecule has 1 aliphatic carbocycles. The summed E-state index contributed by atoms with van der Waals surface area (Å²) < 4.78 is 6.68. The summed E-state index contributed by atoms with van der Waals surface area (Å²) in [6, 6.07) is 8.07. The van der Waals surface area contributed by atoms with Gasteiger partial charge in [0.1, 0.15) is 11.4 Å². The Morgan fingerprint density at radius 3 is 2.62 bits per heavy atom. The van der Waals surface area contributed by atoms with Crippen LogP contribution in [0.25, 0.3) is 11.3 Å². The summed E-state index contributed by atoms with van der Waals surface area (Å²) >= 11 is 3.46. The van der Waals surface area contributed by atoms with E-state index in [9.17, 15) is 4.79 Å². The molecule has 6 heteroatoms. The van der Waals surface area contributed by atoms with Crippen LogP contribution >= 0.6 is 15.9 Å². The zero-order valence-electron chi connectivity index (χ0n) is 15.4. The van der Waals surface area contributed by atoms with Crippen molar-refractivity contribution in [2.45, 2.75) is 51.7 Å². The molecule has 5 nitrogen and oxygen atoms in total. The van der Waals surface area contributed by atoms with Gasteiger partial charge < -0.3 is 9.72 Å². The molecule has 1 spiro atoms.